The van der Waals surface area contributed by atoms with E-state index in [0.717, 1.165) is 50.8 Å². The maximum absolute atomic E-state index is 5.63. The molecule has 1 spiro atoms. The van der Waals surface area contributed by atoms with Crippen molar-refractivity contribution in [3.8, 4) is 5.88 Å². The van der Waals surface area contributed by atoms with Crippen molar-refractivity contribution < 1.29 is 9.47 Å². The van der Waals surface area contributed by atoms with Crippen molar-refractivity contribution in [1.82, 2.24) is 15.2 Å². The van der Waals surface area contributed by atoms with E-state index in [1.54, 1.807) is 0 Å². The molecule has 3 heterocycles. The smallest absolute Gasteiger partial charge is 0.213 e. The summed E-state index contributed by atoms with van der Waals surface area (Å²) < 4.78 is 11.2. The van der Waals surface area contributed by atoms with Crippen molar-refractivity contribution in [2.75, 3.05) is 39.5 Å². The highest BCUT2D eigenvalue weighted by Crippen LogP contribution is 2.38. The van der Waals surface area contributed by atoms with Crippen LogP contribution in [0.3, 0.4) is 0 Å². The standard InChI is InChI=1S/C19H30N4O2/c1-3-10-25-17-6-5-16(12-21-17)13-22-18(20-4-2)23-9-7-19(14-23)8-11-24-15-19/h5-6,12H,3-4,7-11,13-15H2,1-2H3,(H,20,22). The first-order chi connectivity index (χ1) is 12.2. The van der Waals surface area contributed by atoms with Crippen LogP contribution in [0.5, 0.6) is 5.88 Å². The fourth-order valence-corrected chi connectivity index (χ4v) is 3.48. The summed E-state index contributed by atoms with van der Waals surface area (Å²) >= 11 is 0. The van der Waals surface area contributed by atoms with Gasteiger partial charge in [-0.3, -0.25) is 0 Å². The van der Waals surface area contributed by atoms with E-state index in [1.807, 2.05) is 18.3 Å². The van der Waals surface area contributed by atoms with Crippen LogP contribution in [-0.4, -0.2) is 55.3 Å². The second-order valence-electron chi connectivity index (χ2n) is 7.00. The Morgan fingerprint density at radius 1 is 1.40 bits per heavy atom. The van der Waals surface area contributed by atoms with Crippen molar-refractivity contribution in [3.63, 3.8) is 0 Å². The third-order valence-corrected chi connectivity index (χ3v) is 4.92. The van der Waals surface area contributed by atoms with E-state index in [1.165, 1.54) is 12.8 Å². The maximum Gasteiger partial charge on any atom is 0.213 e. The Labute approximate surface area is 150 Å². The highest BCUT2D eigenvalue weighted by Gasteiger charge is 2.42. The Bertz CT molecular complexity index is 567. The van der Waals surface area contributed by atoms with E-state index in [2.05, 4.69) is 29.0 Å². The van der Waals surface area contributed by atoms with Crippen LogP contribution in [0, 0.1) is 5.41 Å². The summed E-state index contributed by atoms with van der Waals surface area (Å²) in [6.07, 6.45) is 5.21. The number of guanidine groups is 1. The van der Waals surface area contributed by atoms with Gasteiger partial charge in [0.05, 0.1) is 19.8 Å². The minimum absolute atomic E-state index is 0.343. The predicted octanol–water partition coefficient (Wildman–Crippen LogP) is 2.45. The third-order valence-electron chi connectivity index (χ3n) is 4.92. The molecule has 1 atom stereocenters. The molecule has 2 saturated heterocycles. The van der Waals surface area contributed by atoms with Gasteiger partial charge in [-0.15, -0.1) is 0 Å². The van der Waals surface area contributed by atoms with Gasteiger partial charge in [-0.2, -0.15) is 0 Å². The Balaban J connectivity index is 1.60. The molecular weight excluding hydrogens is 316 g/mol. The van der Waals surface area contributed by atoms with Crippen LogP contribution in [-0.2, 0) is 11.3 Å². The van der Waals surface area contributed by atoms with Crippen LogP contribution in [0.1, 0.15) is 38.7 Å². The lowest BCUT2D eigenvalue weighted by Gasteiger charge is -2.25. The van der Waals surface area contributed by atoms with Gasteiger partial charge in [-0.05, 0) is 31.7 Å². The van der Waals surface area contributed by atoms with E-state index in [9.17, 15) is 0 Å². The van der Waals surface area contributed by atoms with E-state index < -0.39 is 0 Å². The molecule has 0 bridgehead atoms. The normalized spacial score (nSPS) is 23.4. The van der Waals surface area contributed by atoms with Crippen molar-refractivity contribution in [1.29, 1.82) is 0 Å². The molecule has 138 valence electrons. The summed E-state index contributed by atoms with van der Waals surface area (Å²) in [4.78, 5) is 11.6. The largest absolute Gasteiger partial charge is 0.478 e. The van der Waals surface area contributed by atoms with Crippen molar-refractivity contribution >= 4 is 5.96 Å². The zero-order valence-electron chi connectivity index (χ0n) is 15.5. The number of nitrogens with zero attached hydrogens (tertiary/aromatic N) is 3. The fourth-order valence-electron chi connectivity index (χ4n) is 3.48. The number of nitrogens with one attached hydrogen (secondary N) is 1. The lowest BCUT2D eigenvalue weighted by molar-refractivity contribution is 0.156. The average Bonchev–Trinajstić information content (AvgIpc) is 3.28. The molecule has 0 aromatic carbocycles. The number of pyridine rings is 1. The van der Waals surface area contributed by atoms with Crippen LogP contribution in [0.4, 0.5) is 0 Å². The SMILES string of the molecule is CCCOc1ccc(CN=C(NCC)N2CCC3(CCOC3)C2)cn1. The number of hydrogen-bond acceptors (Lipinski definition) is 4. The first-order valence-electron chi connectivity index (χ1n) is 9.43. The summed E-state index contributed by atoms with van der Waals surface area (Å²) in [5.41, 5.74) is 1.44. The van der Waals surface area contributed by atoms with Gasteiger partial charge >= 0.3 is 0 Å². The summed E-state index contributed by atoms with van der Waals surface area (Å²) in [6.45, 7) is 10.3. The second kappa shape index (κ2) is 8.52. The van der Waals surface area contributed by atoms with Crippen LogP contribution in [0.2, 0.25) is 0 Å². The van der Waals surface area contributed by atoms with Crippen molar-refractivity contribution in [2.45, 2.75) is 39.7 Å². The van der Waals surface area contributed by atoms with Gasteiger partial charge in [0.2, 0.25) is 5.88 Å². The van der Waals surface area contributed by atoms with Crippen LogP contribution in [0.15, 0.2) is 23.3 Å². The molecule has 6 nitrogen and oxygen atoms in total. The van der Waals surface area contributed by atoms with Gasteiger partial charge in [0.25, 0.3) is 0 Å². The second-order valence-corrected chi connectivity index (χ2v) is 7.00. The number of ether oxygens (including phenoxy) is 2. The molecule has 0 radical (unpaired) electrons. The molecule has 1 aromatic heterocycles. The van der Waals surface area contributed by atoms with E-state index >= 15 is 0 Å². The highest BCUT2D eigenvalue weighted by molar-refractivity contribution is 5.80. The molecule has 25 heavy (non-hydrogen) atoms. The number of aromatic nitrogens is 1. The minimum atomic E-state index is 0.343. The van der Waals surface area contributed by atoms with Crippen LogP contribution >= 0.6 is 0 Å². The third kappa shape index (κ3) is 4.63. The minimum Gasteiger partial charge on any atom is -0.478 e. The molecule has 1 N–H and O–H groups in total. The molecule has 2 aliphatic heterocycles. The molecule has 2 fully saturated rings. The van der Waals surface area contributed by atoms with Gasteiger partial charge in [0.15, 0.2) is 5.96 Å². The number of likely N-dealkylation sites (tertiary alicyclic amines) is 1. The molecular formula is C19H30N4O2. The number of rotatable bonds is 6. The number of aliphatic imine (C=N–C) groups is 1. The maximum atomic E-state index is 5.63. The highest BCUT2D eigenvalue weighted by atomic mass is 16.5. The summed E-state index contributed by atoms with van der Waals surface area (Å²) in [5.74, 6) is 1.68. The lowest BCUT2D eigenvalue weighted by atomic mass is 9.87. The Morgan fingerprint density at radius 3 is 3.00 bits per heavy atom. The topological polar surface area (TPSA) is 59.0 Å². The van der Waals surface area contributed by atoms with Crippen molar-refractivity contribution in [2.24, 2.45) is 10.4 Å². The Morgan fingerprint density at radius 2 is 2.32 bits per heavy atom. The molecule has 1 unspecified atom stereocenters. The van der Waals surface area contributed by atoms with Gasteiger partial charge in [0.1, 0.15) is 0 Å². The quantitative estimate of drug-likeness (QED) is 0.633. The monoisotopic (exact) mass is 346 g/mol. The molecule has 0 aliphatic carbocycles. The van der Waals surface area contributed by atoms with Gasteiger partial charge in [-0.1, -0.05) is 13.0 Å². The molecule has 0 amide bonds. The summed E-state index contributed by atoms with van der Waals surface area (Å²) in [6, 6.07) is 3.97. The van der Waals surface area contributed by atoms with Crippen LogP contribution < -0.4 is 10.1 Å². The van der Waals surface area contributed by atoms with Gasteiger partial charge < -0.3 is 19.7 Å². The summed E-state index contributed by atoms with van der Waals surface area (Å²) in [5, 5.41) is 3.43. The average molecular weight is 346 g/mol. The van der Waals surface area contributed by atoms with E-state index in [4.69, 9.17) is 14.5 Å². The van der Waals surface area contributed by atoms with Gasteiger partial charge in [0, 0.05) is 43.9 Å². The van der Waals surface area contributed by atoms with Gasteiger partial charge in [-0.25, -0.2) is 9.98 Å². The molecule has 6 heteroatoms. The molecule has 1 aromatic rings. The molecule has 2 aliphatic rings. The molecule has 0 saturated carbocycles. The molecule has 3 rings (SSSR count). The predicted molar refractivity (Wildman–Crippen MR) is 98.9 cm³/mol. The fraction of sp³-hybridized carbons (Fsp3) is 0.684. The first kappa shape index (κ1) is 18.0. The Kier molecular flexibility index (Phi) is 6.13. The van der Waals surface area contributed by atoms with E-state index in [0.29, 0.717) is 24.4 Å². The number of hydrogen-bond donors (Lipinski definition) is 1. The summed E-state index contributed by atoms with van der Waals surface area (Å²) in [7, 11) is 0. The zero-order chi connectivity index (χ0) is 17.5. The van der Waals surface area contributed by atoms with Crippen LogP contribution in [0.25, 0.3) is 0 Å². The lowest BCUT2D eigenvalue weighted by Crippen LogP contribution is -2.41. The zero-order valence-corrected chi connectivity index (χ0v) is 15.5. The first-order valence-corrected chi connectivity index (χ1v) is 9.43. The van der Waals surface area contributed by atoms with E-state index in [-0.39, 0.29) is 0 Å². The Hall–Kier alpha value is -1.82. The van der Waals surface area contributed by atoms with Crippen molar-refractivity contribution in [3.05, 3.63) is 23.9 Å².